The van der Waals surface area contributed by atoms with Crippen molar-refractivity contribution in [3.05, 3.63) is 5.82 Å². The number of hydrogen-bond donors (Lipinski definition) is 1. The number of hydrogen-bond acceptors (Lipinski definition) is 4. The van der Waals surface area contributed by atoms with Crippen LogP contribution < -0.4 is 5.32 Å². The summed E-state index contributed by atoms with van der Waals surface area (Å²) < 4.78 is 1.96. The van der Waals surface area contributed by atoms with Crippen LogP contribution in [0.25, 0.3) is 0 Å². The summed E-state index contributed by atoms with van der Waals surface area (Å²) in [6.45, 7) is 7.38. The van der Waals surface area contributed by atoms with Crippen molar-refractivity contribution in [3.8, 4) is 0 Å². The highest BCUT2D eigenvalue weighted by atomic mass is 15.6. The van der Waals surface area contributed by atoms with Gasteiger partial charge in [-0.05, 0) is 36.1 Å². The van der Waals surface area contributed by atoms with E-state index in [9.17, 15) is 0 Å². The third-order valence-corrected chi connectivity index (χ3v) is 3.04. The van der Waals surface area contributed by atoms with Gasteiger partial charge in [-0.3, -0.25) is 0 Å². The van der Waals surface area contributed by atoms with Crippen molar-refractivity contribution in [1.29, 1.82) is 0 Å². The predicted octanol–water partition coefficient (Wildman–Crippen LogP) is 1.14. The second-order valence-corrected chi connectivity index (χ2v) is 4.68. The summed E-state index contributed by atoms with van der Waals surface area (Å²) in [5.74, 6) is 1.60. The summed E-state index contributed by atoms with van der Waals surface area (Å²) in [7, 11) is 0. The Hall–Kier alpha value is -0.970. The molecule has 0 radical (unpaired) electrons. The molecule has 0 aliphatic heterocycles. The van der Waals surface area contributed by atoms with E-state index in [1.165, 1.54) is 12.8 Å². The maximum absolute atomic E-state index is 4.05. The van der Waals surface area contributed by atoms with E-state index in [0.717, 1.165) is 12.4 Å². The monoisotopic (exact) mass is 209 g/mol. The summed E-state index contributed by atoms with van der Waals surface area (Å²) in [6, 6.07) is 1.06. The molecule has 5 heteroatoms. The topological polar surface area (TPSA) is 55.6 Å². The fourth-order valence-corrected chi connectivity index (χ4v) is 1.42. The Balaban J connectivity index is 1.90. The number of nitrogens with one attached hydrogen (secondary N) is 1. The molecular formula is C10H19N5. The van der Waals surface area contributed by atoms with E-state index in [-0.39, 0.29) is 0 Å². The smallest absolute Gasteiger partial charge is 0.165 e. The molecule has 2 rings (SSSR count). The van der Waals surface area contributed by atoms with Gasteiger partial charge in [0.2, 0.25) is 0 Å². The van der Waals surface area contributed by atoms with Crippen LogP contribution in [0, 0.1) is 5.92 Å². The summed E-state index contributed by atoms with van der Waals surface area (Å²) in [5.41, 5.74) is 0. The molecule has 1 aliphatic rings. The van der Waals surface area contributed by atoms with Crippen molar-refractivity contribution in [2.24, 2.45) is 5.92 Å². The average Bonchev–Trinajstić information content (AvgIpc) is 2.94. The van der Waals surface area contributed by atoms with E-state index in [2.05, 4.69) is 41.6 Å². The molecule has 1 unspecified atom stereocenters. The molecule has 0 bridgehead atoms. The van der Waals surface area contributed by atoms with Gasteiger partial charge >= 0.3 is 0 Å². The van der Waals surface area contributed by atoms with Crippen LogP contribution >= 0.6 is 0 Å². The van der Waals surface area contributed by atoms with Crippen LogP contribution in [-0.2, 0) is 6.54 Å². The SMILES string of the molecule is CC(C)C(C)NCc1nnnn1C1CC1. The highest BCUT2D eigenvalue weighted by Gasteiger charge is 2.27. The second-order valence-electron chi connectivity index (χ2n) is 4.68. The van der Waals surface area contributed by atoms with Crippen molar-refractivity contribution >= 4 is 0 Å². The Morgan fingerprint density at radius 3 is 2.73 bits per heavy atom. The van der Waals surface area contributed by atoms with Gasteiger partial charge in [0, 0.05) is 6.04 Å². The van der Waals surface area contributed by atoms with Gasteiger partial charge in [0.25, 0.3) is 0 Å². The van der Waals surface area contributed by atoms with E-state index in [4.69, 9.17) is 0 Å². The maximum atomic E-state index is 4.05. The Labute approximate surface area is 90.2 Å². The minimum atomic E-state index is 0.495. The molecule has 1 fully saturated rings. The minimum absolute atomic E-state index is 0.495. The Bertz CT molecular complexity index is 315. The second kappa shape index (κ2) is 4.26. The average molecular weight is 209 g/mol. The van der Waals surface area contributed by atoms with Gasteiger partial charge in [0.05, 0.1) is 12.6 Å². The molecule has 1 saturated carbocycles. The first-order valence-electron chi connectivity index (χ1n) is 5.68. The lowest BCUT2D eigenvalue weighted by Crippen LogP contribution is -2.31. The van der Waals surface area contributed by atoms with Gasteiger partial charge in [-0.2, -0.15) is 0 Å². The number of rotatable bonds is 5. The van der Waals surface area contributed by atoms with Gasteiger partial charge in [-0.1, -0.05) is 13.8 Å². The lowest BCUT2D eigenvalue weighted by atomic mass is 10.1. The zero-order valence-corrected chi connectivity index (χ0v) is 9.64. The number of nitrogens with zero attached hydrogens (tertiary/aromatic N) is 4. The van der Waals surface area contributed by atoms with Crippen LogP contribution in [0.15, 0.2) is 0 Å². The Morgan fingerprint density at radius 2 is 2.13 bits per heavy atom. The van der Waals surface area contributed by atoms with E-state index in [1.807, 2.05) is 4.68 Å². The first-order chi connectivity index (χ1) is 7.18. The van der Waals surface area contributed by atoms with E-state index in [1.54, 1.807) is 0 Å². The van der Waals surface area contributed by atoms with E-state index in [0.29, 0.717) is 18.0 Å². The maximum Gasteiger partial charge on any atom is 0.165 e. The number of tetrazole rings is 1. The van der Waals surface area contributed by atoms with Crippen LogP contribution in [0.5, 0.6) is 0 Å². The lowest BCUT2D eigenvalue weighted by molar-refractivity contribution is 0.413. The third kappa shape index (κ3) is 2.53. The normalized spacial score (nSPS) is 18.4. The van der Waals surface area contributed by atoms with E-state index < -0.39 is 0 Å². The summed E-state index contributed by atoms with van der Waals surface area (Å²) in [4.78, 5) is 0. The van der Waals surface area contributed by atoms with Crippen molar-refractivity contribution in [2.75, 3.05) is 0 Å². The molecule has 0 saturated heterocycles. The summed E-state index contributed by atoms with van der Waals surface area (Å²) in [6.07, 6.45) is 2.44. The quantitative estimate of drug-likeness (QED) is 0.790. The molecule has 0 aromatic carbocycles. The lowest BCUT2D eigenvalue weighted by Gasteiger charge is -2.16. The first-order valence-corrected chi connectivity index (χ1v) is 5.68. The highest BCUT2D eigenvalue weighted by molar-refractivity contribution is 4.90. The fourth-order valence-electron chi connectivity index (χ4n) is 1.42. The zero-order valence-electron chi connectivity index (χ0n) is 9.64. The first kappa shape index (κ1) is 10.5. The molecule has 1 aromatic heterocycles. The van der Waals surface area contributed by atoms with Gasteiger partial charge < -0.3 is 5.32 Å². The third-order valence-electron chi connectivity index (χ3n) is 3.04. The Kier molecular flexibility index (Phi) is 3.00. The largest absolute Gasteiger partial charge is 0.307 e. The molecule has 1 aromatic rings. The number of aromatic nitrogens is 4. The van der Waals surface area contributed by atoms with Crippen molar-refractivity contribution in [1.82, 2.24) is 25.5 Å². The molecule has 0 spiro atoms. The highest BCUT2D eigenvalue weighted by Crippen LogP contribution is 2.34. The summed E-state index contributed by atoms with van der Waals surface area (Å²) >= 11 is 0. The predicted molar refractivity (Wildman–Crippen MR) is 57.2 cm³/mol. The fraction of sp³-hybridized carbons (Fsp3) is 0.900. The molecule has 1 atom stereocenters. The van der Waals surface area contributed by atoms with Crippen LogP contribution in [0.2, 0.25) is 0 Å². The zero-order chi connectivity index (χ0) is 10.8. The Morgan fingerprint density at radius 1 is 1.40 bits per heavy atom. The van der Waals surface area contributed by atoms with Gasteiger partial charge in [-0.15, -0.1) is 5.10 Å². The molecule has 1 heterocycles. The van der Waals surface area contributed by atoms with Crippen LogP contribution in [0.1, 0.15) is 45.5 Å². The summed E-state index contributed by atoms with van der Waals surface area (Å²) in [5, 5.41) is 15.2. The van der Waals surface area contributed by atoms with Crippen LogP contribution in [0.4, 0.5) is 0 Å². The standard InChI is InChI=1S/C10H19N5/c1-7(2)8(3)11-6-10-12-13-14-15(10)9-4-5-9/h7-9,11H,4-6H2,1-3H3. The molecule has 84 valence electrons. The van der Waals surface area contributed by atoms with Crippen molar-refractivity contribution in [3.63, 3.8) is 0 Å². The molecular weight excluding hydrogens is 190 g/mol. The van der Waals surface area contributed by atoms with Crippen molar-refractivity contribution in [2.45, 2.75) is 52.2 Å². The van der Waals surface area contributed by atoms with Crippen LogP contribution in [-0.4, -0.2) is 26.2 Å². The molecule has 5 nitrogen and oxygen atoms in total. The molecule has 1 N–H and O–H groups in total. The molecule has 1 aliphatic carbocycles. The van der Waals surface area contributed by atoms with E-state index >= 15 is 0 Å². The van der Waals surface area contributed by atoms with Crippen molar-refractivity contribution < 1.29 is 0 Å². The van der Waals surface area contributed by atoms with Crippen LogP contribution in [0.3, 0.4) is 0 Å². The van der Waals surface area contributed by atoms with Gasteiger partial charge in [0.1, 0.15) is 0 Å². The molecule has 0 amide bonds. The minimum Gasteiger partial charge on any atom is -0.307 e. The molecule has 15 heavy (non-hydrogen) atoms. The van der Waals surface area contributed by atoms with Gasteiger partial charge in [0.15, 0.2) is 5.82 Å². The van der Waals surface area contributed by atoms with Gasteiger partial charge in [-0.25, -0.2) is 4.68 Å².